The first-order valence-electron chi connectivity index (χ1n) is 10.0. The van der Waals surface area contributed by atoms with Crippen LogP contribution in [0.1, 0.15) is 49.8 Å². The maximum Gasteiger partial charge on any atom is 0.410 e. The average Bonchev–Trinajstić information content (AvgIpc) is 2.65. The summed E-state index contributed by atoms with van der Waals surface area (Å²) in [5.41, 5.74) is 3.17. The zero-order chi connectivity index (χ0) is 20.1. The lowest BCUT2D eigenvalue weighted by Crippen LogP contribution is -2.48. The van der Waals surface area contributed by atoms with Crippen LogP contribution in [0.4, 0.5) is 4.79 Å². The van der Waals surface area contributed by atoms with E-state index >= 15 is 0 Å². The number of piperidine rings is 1. The molecule has 28 heavy (non-hydrogen) atoms. The molecule has 1 fully saturated rings. The maximum absolute atomic E-state index is 12.6. The van der Waals surface area contributed by atoms with Crippen molar-refractivity contribution in [2.75, 3.05) is 13.1 Å². The molecule has 2 unspecified atom stereocenters. The summed E-state index contributed by atoms with van der Waals surface area (Å²) in [4.78, 5) is 14.4. The van der Waals surface area contributed by atoms with Gasteiger partial charge < -0.3 is 14.4 Å². The van der Waals surface area contributed by atoms with Gasteiger partial charge in [-0.3, -0.25) is 0 Å². The highest BCUT2D eigenvalue weighted by atomic mass is 16.6. The topological polar surface area (TPSA) is 38.8 Å². The number of likely N-dealkylation sites (tertiary alicyclic amines) is 1. The van der Waals surface area contributed by atoms with Gasteiger partial charge in [0.25, 0.3) is 0 Å². The van der Waals surface area contributed by atoms with Crippen molar-refractivity contribution >= 4 is 6.09 Å². The Morgan fingerprint density at radius 2 is 1.86 bits per heavy atom. The average molecular weight is 382 g/mol. The molecule has 2 atom stereocenters. The Bertz CT molecular complexity index is 782. The molecule has 0 aromatic heterocycles. The fraction of sp³-hybridized carbons (Fsp3) is 0.458. The van der Waals surface area contributed by atoms with Crippen molar-refractivity contribution in [3.05, 3.63) is 71.3 Å². The Morgan fingerprint density at radius 1 is 1.11 bits per heavy atom. The first kappa shape index (κ1) is 20.4. The van der Waals surface area contributed by atoms with Crippen LogP contribution in [0.3, 0.4) is 0 Å². The first-order valence-corrected chi connectivity index (χ1v) is 10.0. The van der Waals surface area contributed by atoms with E-state index in [0.29, 0.717) is 19.7 Å². The van der Waals surface area contributed by atoms with Crippen LogP contribution in [0.25, 0.3) is 0 Å². The summed E-state index contributed by atoms with van der Waals surface area (Å²) in [5.74, 6) is 0.266. The molecule has 150 valence electrons. The zero-order valence-electron chi connectivity index (χ0n) is 17.4. The number of nitrogens with zero attached hydrogens (tertiary/aromatic N) is 1. The van der Waals surface area contributed by atoms with Crippen molar-refractivity contribution < 1.29 is 14.3 Å². The number of amides is 1. The fourth-order valence-corrected chi connectivity index (χ4v) is 3.64. The van der Waals surface area contributed by atoms with E-state index in [4.69, 9.17) is 9.47 Å². The highest BCUT2D eigenvalue weighted by Crippen LogP contribution is 2.32. The molecule has 1 aliphatic rings. The normalized spacial score (nSPS) is 20.1. The van der Waals surface area contributed by atoms with Crippen LogP contribution < -0.4 is 0 Å². The van der Waals surface area contributed by atoms with Gasteiger partial charge in [-0.2, -0.15) is 0 Å². The second kappa shape index (κ2) is 8.78. The van der Waals surface area contributed by atoms with Crippen LogP contribution in [-0.4, -0.2) is 35.8 Å². The lowest BCUT2D eigenvalue weighted by Gasteiger charge is -2.39. The Morgan fingerprint density at radius 3 is 2.54 bits per heavy atom. The van der Waals surface area contributed by atoms with Crippen molar-refractivity contribution in [3.8, 4) is 0 Å². The van der Waals surface area contributed by atoms with Crippen molar-refractivity contribution in [2.45, 2.75) is 58.3 Å². The molecular weight excluding hydrogens is 350 g/mol. The Kier molecular flexibility index (Phi) is 6.40. The number of aryl methyl sites for hydroxylation is 1. The van der Waals surface area contributed by atoms with Crippen LogP contribution in [0.2, 0.25) is 0 Å². The quantitative estimate of drug-likeness (QED) is 0.721. The standard InChI is InChI=1S/C24H31NO3/c1-18-9-8-12-20(15-18)21-13-14-25(23(26)28-24(2,3)4)16-22(21)27-17-19-10-6-5-7-11-19/h5-12,15,21-22H,13-14,16-17H2,1-4H3. The molecule has 1 saturated heterocycles. The van der Waals surface area contributed by atoms with Gasteiger partial charge in [-0.05, 0) is 45.2 Å². The largest absolute Gasteiger partial charge is 0.444 e. The minimum atomic E-state index is -0.495. The minimum Gasteiger partial charge on any atom is -0.444 e. The smallest absolute Gasteiger partial charge is 0.410 e. The lowest BCUT2D eigenvalue weighted by molar-refractivity contribution is -0.0359. The summed E-state index contributed by atoms with van der Waals surface area (Å²) in [5, 5.41) is 0. The summed E-state index contributed by atoms with van der Waals surface area (Å²) in [6, 6.07) is 18.8. The summed E-state index contributed by atoms with van der Waals surface area (Å²) in [6.45, 7) is 9.56. The number of rotatable bonds is 4. The molecule has 4 nitrogen and oxygen atoms in total. The number of hydrogen-bond donors (Lipinski definition) is 0. The van der Waals surface area contributed by atoms with Gasteiger partial charge in [-0.1, -0.05) is 60.2 Å². The van der Waals surface area contributed by atoms with Crippen molar-refractivity contribution in [2.24, 2.45) is 0 Å². The highest BCUT2D eigenvalue weighted by molar-refractivity contribution is 5.68. The lowest BCUT2D eigenvalue weighted by atomic mass is 9.86. The molecule has 4 heteroatoms. The third kappa shape index (κ3) is 5.59. The molecule has 0 aliphatic carbocycles. The van der Waals surface area contributed by atoms with Crippen molar-refractivity contribution in [1.29, 1.82) is 0 Å². The van der Waals surface area contributed by atoms with E-state index in [1.807, 2.05) is 39.0 Å². The summed E-state index contributed by atoms with van der Waals surface area (Å²) >= 11 is 0. The molecule has 1 amide bonds. The third-order valence-corrected chi connectivity index (χ3v) is 4.99. The predicted octanol–water partition coefficient (Wildman–Crippen LogP) is 5.30. The third-order valence-electron chi connectivity index (χ3n) is 4.99. The maximum atomic E-state index is 12.6. The van der Waals surface area contributed by atoms with Gasteiger partial charge in [-0.25, -0.2) is 4.79 Å². The molecular formula is C24H31NO3. The van der Waals surface area contributed by atoms with Gasteiger partial charge in [0.05, 0.1) is 19.3 Å². The van der Waals surface area contributed by atoms with Gasteiger partial charge in [0.1, 0.15) is 5.60 Å². The van der Waals surface area contributed by atoms with Gasteiger partial charge in [0.2, 0.25) is 0 Å². The number of carbonyl (C=O) groups excluding carboxylic acids is 1. The minimum absolute atomic E-state index is 0.0664. The SMILES string of the molecule is Cc1cccc(C2CCN(C(=O)OC(C)(C)C)CC2OCc2ccccc2)c1. The Labute approximate surface area is 168 Å². The predicted molar refractivity (Wildman–Crippen MR) is 111 cm³/mol. The molecule has 2 aromatic rings. The zero-order valence-corrected chi connectivity index (χ0v) is 17.4. The van der Waals surface area contributed by atoms with Gasteiger partial charge >= 0.3 is 6.09 Å². The van der Waals surface area contributed by atoms with E-state index < -0.39 is 5.60 Å². The summed E-state index contributed by atoms with van der Waals surface area (Å²) in [7, 11) is 0. The summed E-state index contributed by atoms with van der Waals surface area (Å²) < 4.78 is 11.9. The van der Waals surface area contributed by atoms with Crippen LogP contribution in [0.5, 0.6) is 0 Å². The van der Waals surface area contributed by atoms with Gasteiger partial charge in [-0.15, -0.1) is 0 Å². The molecule has 0 bridgehead atoms. The molecule has 0 saturated carbocycles. The van der Waals surface area contributed by atoms with E-state index in [2.05, 4.69) is 43.3 Å². The van der Waals surface area contributed by atoms with Gasteiger partial charge in [0.15, 0.2) is 0 Å². The summed E-state index contributed by atoms with van der Waals surface area (Å²) in [6.07, 6.45) is 0.536. The van der Waals surface area contributed by atoms with E-state index in [9.17, 15) is 4.79 Å². The van der Waals surface area contributed by atoms with Crippen molar-refractivity contribution in [1.82, 2.24) is 4.90 Å². The molecule has 3 rings (SSSR count). The molecule has 1 aliphatic heterocycles. The highest BCUT2D eigenvalue weighted by Gasteiger charge is 2.35. The number of carbonyl (C=O) groups is 1. The van der Waals surface area contributed by atoms with Crippen LogP contribution in [-0.2, 0) is 16.1 Å². The molecule has 0 N–H and O–H groups in total. The number of benzene rings is 2. The number of hydrogen-bond acceptors (Lipinski definition) is 3. The van der Waals surface area contributed by atoms with E-state index in [0.717, 1.165) is 12.0 Å². The Balaban J connectivity index is 1.75. The fourth-order valence-electron chi connectivity index (χ4n) is 3.64. The second-order valence-corrected chi connectivity index (χ2v) is 8.57. The monoisotopic (exact) mass is 381 g/mol. The Hall–Kier alpha value is -2.33. The van der Waals surface area contributed by atoms with Crippen LogP contribution in [0, 0.1) is 6.92 Å². The molecule has 1 heterocycles. The van der Waals surface area contributed by atoms with E-state index in [-0.39, 0.29) is 18.1 Å². The van der Waals surface area contributed by atoms with Gasteiger partial charge in [0, 0.05) is 12.5 Å². The first-order chi connectivity index (χ1) is 13.3. The number of ether oxygens (including phenoxy) is 2. The molecule has 0 spiro atoms. The van der Waals surface area contributed by atoms with Crippen LogP contribution in [0.15, 0.2) is 54.6 Å². The van der Waals surface area contributed by atoms with Crippen LogP contribution >= 0.6 is 0 Å². The molecule has 2 aromatic carbocycles. The van der Waals surface area contributed by atoms with Crippen molar-refractivity contribution in [3.63, 3.8) is 0 Å². The second-order valence-electron chi connectivity index (χ2n) is 8.57. The van der Waals surface area contributed by atoms with E-state index in [1.54, 1.807) is 4.90 Å². The molecule has 0 radical (unpaired) electrons. The van der Waals surface area contributed by atoms with E-state index in [1.165, 1.54) is 11.1 Å².